The van der Waals surface area contributed by atoms with Gasteiger partial charge in [0.1, 0.15) is 0 Å². The molecule has 0 aromatic rings. The minimum Gasteiger partial charge on any atom is -0.396 e. The lowest BCUT2D eigenvalue weighted by Gasteiger charge is -2.27. The monoisotopic (exact) mass is 206 g/mol. The van der Waals surface area contributed by atoms with E-state index in [1.807, 2.05) is 13.8 Å². The van der Waals surface area contributed by atoms with E-state index in [1.165, 1.54) is 0 Å². The lowest BCUT2D eigenvalue weighted by atomic mass is 9.94. The number of rotatable bonds is 7. The number of methoxy groups -OCH3 is 2. The van der Waals surface area contributed by atoms with Crippen LogP contribution in [-0.2, 0) is 9.47 Å². The summed E-state index contributed by atoms with van der Waals surface area (Å²) in [7, 11) is 3.17. The Kier molecular flexibility index (Phi) is 7.09. The van der Waals surface area contributed by atoms with Crippen LogP contribution in [0.5, 0.6) is 0 Å². The van der Waals surface area contributed by atoms with E-state index in [1.54, 1.807) is 14.2 Å². The molecule has 4 atom stereocenters. The van der Waals surface area contributed by atoms with Crippen LogP contribution in [-0.4, -0.2) is 49.4 Å². The van der Waals surface area contributed by atoms with Crippen LogP contribution in [0.25, 0.3) is 0 Å². The van der Waals surface area contributed by atoms with Crippen molar-refractivity contribution in [2.75, 3.05) is 20.8 Å². The van der Waals surface area contributed by atoms with Crippen LogP contribution in [0.4, 0.5) is 0 Å². The smallest absolute Gasteiger partial charge is 0.0639 e. The Labute approximate surface area is 85.8 Å². The fraction of sp³-hybridized carbons (Fsp3) is 1.00. The van der Waals surface area contributed by atoms with E-state index in [9.17, 15) is 5.11 Å². The first kappa shape index (κ1) is 13.8. The molecule has 0 fully saturated rings. The fourth-order valence-electron chi connectivity index (χ4n) is 1.37. The molecule has 4 nitrogen and oxygen atoms in total. The van der Waals surface area contributed by atoms with Gasteiger partial charge in [-0.2, -0.15) is 0 Å². The Bertz CT molecular complexity index is 140. The molecule has 0 rings (SSSR count). The Morgan fingerprint density at radius 3 is 2.07 bits per heavy atom. The van der Waals surface area contributed by atoms with Gasteiger partial charge in [0.15, 0.2) is 0 Å². The summed E-state index contributed by atoms with van der Waals surface area (Å²) >= 11 is 0. The van der Waals surface area contributed by atoms with Gasteiger partial charge in [0.2, 0.25) is 0 Å². The van der Waals surface area contributed by atoms with Gasteiger partial charge in [0.25, 0.3) is 0 Å². The van der Waals surface area contributed by atoms with Crippen molar-refractivity contribution in [3.63, 3.8) is 0 Å². The van der Waals surface area contributed by atoms with E-state index in [4.69, 9.17) is 14.6 Å². The predicted molar refractivity (Wildman–Crippen MR) is 54.1 cm³/mol. The third kappa shape index (κ3) is 4.37. The van der Waals surface area contributed by atoms with E-state index in [-0.39, 0.29) is 24.7 Å². The molecule has 4 unspecified atom stereocenters. The van der Waals surface area contributed by atoms with Crippen molar-refractivity contribution in [3.05, 3.63) is 0 Å². The number of hydrogen-bond acceptors (Lipinski definition) is 4. The lowest BCUT2D eigenvalue weighted by Crippen LogP contribution is -2.36. The third-order valence-electron chi connectivity index (χ3n) is 2.66. The van der Waals surface area contributed by atoms with Crippen molar-refractivity contribution in [1.82, 2.24) is 0 Å². The Hall–Kier alpha value is -0.160. The van der Waals surface area contributed by atoms with Crippen molar-refractivity contribution < 1.29 is 19.7 Å². The molecule has 0 spiro atoms. The molecule has 0 aliphatic heterocycles. The van der Waals surface area contributed by atoms with Gasteiger partial charge >= 0.3 is 0 Å². The molecule has 2 N–H and O–H groups in total. The molecule has 0 heterocycles. The van der Waals surface area contributed by atoms with Crippen molar-refractivity contribution >= 4 is 0 Å². The Morgan fingerprint density at radius 1 is 1.14 bits per heavy atom. The molecular weight excluding hydrogens is 184 g/mol. The molecule has 86 valence electrons. The van der Waals surface area contributed by atoms with E-state index in [2.05, 4.69) is 0 Å². The van der Waals surface area contributed by atoms with Gasteiger partial charge in [-0.25, -0.2) is 0 Å². The van der Waals surface area contributed by atoms with Crippen LogP contribution in [0, 0.1) is 5.92 Å². The highest BCUT2D eigenvalue weighted by molar-refractivity contribution is 4.75. The number of aliphatic hydroxyl groups excluding tert-OH is 2. The highest BCUT2D eigenvalue weighted by Gasteiger charge is 2.25. The summed E-state index contributed by atoms with van der Waals surface area (Å²) in [5.74, 6) is -0.252. The van der Waals surface area contributed by atoms with Crippen molar-refractivity contribution in [2.24, 2.45) is 5.92 Å². The summed E-state index contributed by atoms with van der Waals surface area (Å²) in [5.41, 5.74) is 0. The Balaban J connectivity index is 4.09. The van der Waals surface area contributed by atoms with Crippen LogP contribution in [0.15, 0.2) is 0 Å². The number of ether oxygens (including phenoxy) is 2. The molecule has 0 saturated carbocycles. The number of aliphatic hydroxyl groups is 2. The minimum atomic E-state index is -0.593. The minimum absolute atomic E-state index is 0.0110. The third-order valence-corrected chi connectivity index (χ3v) is 2.66. The second kappa shape index (κ2) is 7.17. The topological polar surface area (TPSA) is 58.9 Å². The largest absolute Gasteiger partial charge is 0.396 e. The molecular formula is C10H22O4. The summed E-state index contributed by atoms with van der Waals surface area (Å²) < 4.78 is 10.1. The first-order valence-corrected chi connectivity index (χ1v) is 4.91. The van der Waals surface area contributed by atoms with E-state index < -0.39 is 6.10 Å². The van der Waals surface area contributed by atoms with Crippen molar-refractivity contribution in [2.45, 2.75) is 38.6 Å². The van der Waals surface area contributed by atoms with Crippen LogP contribution in [0.3, 0.4) is 0 Å². The van der Waals surface area contributed by atoms with E-state index in [0.29, 0.717) is 6.42 Å². The van der Waals surface area contributed by atoms with Crippen LogP contribution >= 0.6 is 0 Å². The maximum absolute atomic E-state index is 9.79. The standard InChI is InChI=1S/C10H22O4/c1-7(13-3)5-10(12)9(6-11)8(2)14-4/h7-12H,5-6H2,1-4H3. The summed E-state index contributed by atoms with van der Waals surface area (Å²) in [5, 5.41) is 18.9. The molecule has 0 amide bonds. The van der Waals surface area contributed by atoms with E-state index in [0.717, 1.165) is 0 Å². The van der Waals surface area contributed by atoms with Crippen molar-refractivity contribution in [3.8, 4) is 0 Å². The van der Waals surface area contributed by atoms with Crippen LogP contribution in [0.2, 0.25) is 0 Å². The molecule has 0 aliphatic carbocycles. The van der Waals surface area contributed by atoms with Gasteiger partial charge in [-0.15, -0.1) is 0 Å². The van der Waals surface area contributed by atoms with Gasteiger partial charge in [-0.3, -0.25) is 0 Å². The summed E-state index contributed by atoms with van der Waals surface area (Å²) in [6.45, 7) is 3.64. The second-order valence-electron chi connectivity index (χ2n) is 3.64. The van der Waals surface area contributed by atoms with Crippen LogP contribution in [0.1, 0.15) is 20.3 Å². The maximum atomic E-state index is 9.79. The Morgan fingerprint density at radius 2 is 1.71 bits per heavy atom. The molecule has 0 aromatic heterocycles. The molecule has 0 aromatic carbocycles. The van der Waals surface area contributed by atoms with Gasteiger partial charge in [-0.05, 0) is 20.3 Å². The predicted octanol–water partition coefficient (Wildman–Crippen LogP) is 0.416. The molecule has 4 heteroatoms. The molecule has 0 saturated heterocycles. The lowest BCUT2D eigenvalue weighted by molar-refractivity contribution is -0.0481. The fourth-order valence-corrected chi connectivity index (χ4v) is 1.37. The average molecular weight is 206 g/mol. The molecule has 0 aliphatic rings. The highest BCUT2D eigenvalue weighted by Crippen LogP contribution is 2.16. The maximum Gasteiger partial charge on any atom is 0.0639 e. The molecule has 14 heavy (non-hydrogen) atoms. The average Bonchev–Trinajstić information content (AvgIpc) is 2.18. The van der Waals surface area contributed by atoms with E-state index >= 15 is 0 Å². The van der Waals surface area contributed by atoms with Gasteiger partial charge < -0.3 is 19.7 Å². The van der Waals surface area contributed by atoms with Crippen LogP contribution < -0.4 is 0 Å². The normalized spacial score (nSPS) is 20.1. The molecule has 0 radical (unpaired) electrons. The zero-order valence-electron chi connectivity index (χ0n) is 9.43. The molecule has 0 bridgehead atoms. The summed E-state index contributed by atoms with van der Waals surface area (Å²) in [4.78, 5) is 0. The van der Waals surface area contributed by atoms with Gasteiger partial charge in [0.05, 0.1) is 24.9 Å². The quantitative estimate of drug-likeness (QED) is 0.633. The summed E-state index contributed by atoms with van der Waals surface area (Å²) in [6.07, 6.45) is -0.248. The van der Waals surface area contributed by atoms with Gasteiger partial charge in [-0.1, -0.05) is 0 Å². The SMILES string of the molecule is COC(C)CC(O)C(CO)C(C)OC. The first-order chi connectivity index (χ1) is 6.56. The zero-order valence-corrected chi connectivity index (χ0v) is 9.43. The second-order valence-corrected chi connectivity index (χ2v) is 3.64. The number of hydrogen-bond donors (Lipinski definition) is 2. The van der Waals surface area contributed by atoms with Gasteiger partial charge in [0, 0.05) is 20.1 Å². The first-order valence-electron chi connectivity index (χ1n) is 4.91. The highest BCUT2D eigenvalue weighted by atomic mass is 16.5. The van der Waals surface area contributed by atoms with Crippen molar-refractivity contribution in [1.29, 1.82) is 0 Å². The zero-order chi connectivity index (χ0) is 11.1. The summed E-state index contributed by atoms with van der Waals surface area (Å²) in [6, 6.07) is 0.